The maximum atomic E-state index is 14.2. The summed E-state index contributed by atoms with van der Waals surface area (Å²) in [5.41, 5.74) is 3.11. The highest BCUT2D eigenvalue weighted by atomic mass is 19.3. The molecule has 2 aromatic carbocycles. The van der Waals surface area contributed by atoms with Crippen molar-refractivity contribution in [1.82, 2.24) is 29.5 Å². The molecule has 4 heterocycles. The van der Waals surface area contributed by atoms with Gasteiger partial charge in [0.15, 0.2) is 5.82 Å². The average molecular weight is 585 g/mol. The van der Waals surface area contributed by atoms with Crippen molar-refractivity contribution in [2.24, 2.45) is 0 Å². The Labute approximate surface area is 247 Å². The summed E-state index contributed by atoms with van der Waals surface area (Å²) in [6.07, 6.45) is -0.586. The van der Waals surface area contributed by atoms with E-state index in [0.29, 0.717) is 55.6 Å². The Morgan fingerprint density at radius 1 is 1.05 bits per heavy atom. The van der Waals surface area contributed by atoms with Crippen LogP contribution in [0.1, 0.15) is 31.7 Å². The second kappa shape index (κ2) is 11.8. The summed E-state index contributed by atoms with van der Waals surface area (Å²) in [7, 11) is 1.58. The first-order valence-corrected chi connectivity index (χ1v) is 13.9. The van der Waals surface area contributed by atoms with Gasteiger partial charge in [-0.1, -0.05) is 24.3 Å². The zero-order chi connectivity index (χ0) is 30.0. The number of alkyl halides is 2. The lowest BCUT2D eigenvalue weighted by Gasteiger charge is -2.30. The smallest absolute Gasteiger partial charge is 0.296 e. The van der Waals surface area contributed by atoms with Gasteiger partial charge >= 0.3 is 0 Å². The van der Waals surface area contributed by atoms with Crippen molar-refractivity contribution < 1.29 is 18.3 Å². The third kappa shape index (κ3) is 6.03. The summed E-state index contributed by atoms with van der Waals surface area (Å²) in [6, 6.07) is 20.8. The van der Waals surface area contributed by atoms with E-state index in [-0.39, 0.29) is 11.9 Å². The summed E-state index contributed by atoms with van der Waals surface area (Å²) < 4.78 is 40.6. The van der Waals surface area contributed by atoms with Gasteiger partial charge in [-0.15, -0.1) is 0 Å². The highest BCUT2D eigenvalue weighted by Crippen LogP contribution is 2.30. The number of nitrogens with one attached hydrogen (secondary N) is 1. The minimum Gasteiger partial charge on any atom is -0.481 e. The van der Waals surface area contributed by atoms with E-state index in [0.717, 1.165) is 16.7 Å². The topological polar surface area (TPSA) is 103 Å². The van der Waals surface area contributed by atoms with E-state index in [1.54, 1.807) is 37.6 Å². The molecule has 0 radical (unpaired) electrons. The van der Waals surface area contributed by atoms with Gasteiger partial charge in [-0.2, -0.15) is 15.0 Å². The molecule has 0 amide bonds. The second-order valence-electron chi connectivity index (χ2n) is 10.7. The van der Waals surface area contributed by atoms with Crippen LogP contribution in [0.25, 0.3) is 28.1 Å². The zero-order valence-electron chi connectivity index (χ0n) is 24.0. The van der Waals surface area contributed by atoms with Crippen molar-refractivity contribution in [2.75, 3.05) is 43.6 Å². The van der Waals surface area contributed by atoms with Crippen LogP contribution >= 0.6 is 0 Å². The van der Waals surface area contributed by atoms with Crippen molar-refractivity contribution in [2.45, 2.75) is 32.2 Å². The number of fused-ring (bicyclic) bond motifs is 1. The fraction of sp³-hybridized carbons (Fsp3) is 0.323. The number of rotatable bonds is 9. The highest BCUT2D eigenvalue weighted by molar-refractivity contribution is 5.77. The number of imidazole rings is 1. The summed E-state index contributed by atoms with van der Waals surface area (Å²) in [5, 5.41) is 3.44. The number of hydrogen-bond donors (Lipinski definition) is 1. The Morgan fingerprint density at radius 3 is 2.63 bits per heavy atom. The van der Waals surface area contributed by atoms with Crippen LogP contribution in [0.4, 0.5) is 20.7 Å². The van der Waals surface area contributed by atoms with Gasteiger partial charge in [-0.05, 0) is 61.7 Å². The Kier molecular flexibility index (Phi) is 7.73. The van der Waals surface area contributed by atoms with Crippen LogP contribution in [-0.4, -0.2) is 68.4 Å². The van der Waals surface area contributed by atoms with Gasteiger partial charge in [0.1, 0.15) is 0 Å². The molecule has 1 aliphatic heterocycles. The molecule has 3 aromatic heterocycles. The lowest BCUT2D eigenvalue weighted by atomic mass is 9.90. The number of aromatic nitrogens is 6. The molecule has 6 rings (SSSR count). The van der Waals surface area contributed by atoms with E-state index in [1.807, 2.05) is 43.0 Å². The first kappa shape index (κ1) is 28.2. The third-order valence-corrected chi connectivity index (χ3v) is 7.09. The van der Waals surface area contributed by atoms with E-state index in [1.165, 1.54) is 4.57 Å². The van der Waals surface area contributed by atoms with Gasteiger partial charge in [0, 0.05) is 36.5 Å². The molecule has 0 unspecified atom stereocenters. The van der Waals surface area contributed by atoms with Crippen LogP contribution in [0.2, 0.25) is 0 Å². The first-order chi connectivity index (χ1) is 20.8. The number of benzene rings is 1. The van der Waals surface area contributed by atoms with E-state index in [9.17, 15) is 8.78 Å². The summed E-state index contributed by atoms with van der Waals surface area (Å²) in [6.45, 7) is 6.19. The van der Waals surface area contributed by atoms with Crippen LogP contribution in [0.5, 0.6) is 5.88 Å². The first-order valence-electron chi connectivity index (χ1n) is 13.9. The molecule has 0 atom stereocenters. The lowest BCUT2D eigenvalue weighted by molar-refractivity contribution is 0.122. The second-order valence-corrected chi connectivity index (χ2v) is 10.7. The fourth-order valence-corrected chi connectivity index (χ4v) is 5.14. The Morgan fingerprint density at radius 2 is 1.84 bits per heavy atom. The van der Waals surface area contributed by atoms with E-state index >= 15 is 0 Å². The molecule has 1 N–H and O–H groups in total. The standard InChI is InChI=1S/C31H30F2N8O2/c1-31(2,19-21-8-4-5-9-22(21)20-12-13-34-25(18-20)42-3)39-28-36-29(40-14-16-43-17-15-40)38-30(37-28)41-24-11-7-6-10-23(24)35-27(41)26(32)33/h4,6-8,10-13,18,26H,14-17,19H2,1-3H3,(H,36,37,38,39). The number of methoxy groups -OCH3 is 1. The molecule has 0 bridgehead atoms. The predicted molar refractivity (Wildman–Crippen MR) is 158 cm³/mol. The molecule has 1 aliphatic rings. The predicted octanol–water partition coefficient (Wildman–Crippen LogP) is 5.09. The largest absolute Gasteiger partial charge is 0.481 e. The molecule has 10 nitrogen and oxygen atoms in total. The number of para-hydroxylation sites is 2. The number of pyridine rings is 1. The Bertz CT molecular complexity index is 1740. The Balaban J connectivity index is 1.39. The third-order valence-electron chi connectivity index (χ3n) is 7.09. The van der Waals surface area contributed by atoms with Crippen molar-refractivity contribution in [3.63, 3.8) is 0 Å². The molecule has 5 aromatic rings. The minimum absolute atomic E-state index is 0.0611. The normalized spacial score (nSPS) is 13.8. The van der Waals surface area contributed by atoms with Crippen LogP contribution in [0.3, 0.4) is 0 Å². The number of anilines is 2. The highest BCUT2D eigenvalue weighted by Gasteiger charge is 2.27. The molecule has 220 valence electrons. The molecule has 0 saturated carbocycles. The van der Waals surface area contributed by atoms with Gasteiger partial charge in [0.25, 0.3) is 6.43 Å². The van der Waals surface area contributed by atoms with Gasteiger partial charge < -0.3 is 19.7 Å². The lowest BCUT2D eigenvalue weighted by Crippen LogP contribution is -2.39. The molecule has 43 heavy (non-hydrogen) atoms. The number of hydrogen-bond acceptors (Lipinski definition) is 9. The quantitative estimate of drug-likeness (QED) is 0.254. The molecule has 0 aliphatic carbocycles. The Hall–Kier alpha value is -4.89. The molecular weight excluding hydrogens is 554 g/mol. The minimum atomic E-state index is -2.83. The molecular formula is C31H30F2N8O2. The maximum absolute atomic E-state index is 14.2. The van der Waals surface area contributed by atoms with Crippen molar-refractivity contribution in [3.05, 3.63) is 78.2 Å². The number of morpholine rings is 1. The average Bonchev–Trinajstić information content (AvgIpc) is 3.41. The number of ether oxygens (including phenoxy) is 2. The van der Waals surface area contributed by atoms with Gasteiger partial charge in [0.05, 0.1) is 31.4 Å². The van der Waals surface area contributed by atoms with E-state index in [4.69, 9.17) is 14.5 Å². The fourth-order valence-electron chi connectivity index (χ4n) is 5.14. The van der Waals surface area contributed by atoms with Crippen molar-refractivity contribution >= 4 is 22.9 Å². The maximum Gasteiger partial charge on any atom is 0.296 e. The molecule has 1 fully saturated rings. The van der Waals surface area contributed by atoms with Crippen LogP contribution in [0.15, 0.2) is 54.7 Å². The molecule has 1 saturated heterocycles. The number of nitrogens with zero attached hydrogens (tertiary/aromatic N) is 7. The van der Waals surface area contributed by atoms with Crippen molar-refractivity contribution in [3.8, 4) is 23.0 Å². The van der Waals surface area contributed by atoms with Crippen LogP contribution in [-0.2, 0) is 11.2 Å². The van der Waals surface area contributed by atoms with Crippen molar-refractivity contribution in [1.29, 1.82) is 0 Å². The van der Waals surface area contributed by atoms with Crippen LogP contribution < -0.4 is 15.0 Å². The van der Waals surface area contributed by atoms with Crippen LogP contribution in [0, 0.1) is 12.1 Å². The zero-order valence-corrected chi connectivity index (χ0v) is 24.0. The van der Waals surface area contributed by atoms with Gasteiger partial charge in [0.2, 0.25) is 23.7 Å². The monoisotopic (exact) mass is 584 g/mol. The summed E-state index contributed by atoms with van der Waals surface area (Å²) in [5.74, 6) is 0.761. The SMILES string of the molecule is COc1cc(-c2c#cccc2CC(C)(C)Nc2nc(N3CCOCC3)nc(-n3c(C(F)F)nc4ccccc43)n2)ccn1. The summed E-state index contributed by atoms with van der Waals surface area (Å²) in [4.78, 5) is 24.4. The molecule has 12 heteroatoms. The van der Waals surface area contributed by atoms with E-state index < -0.39 is 17.8 Å². The van der Waals surface area contributed by atoms with E-state index in [2.05, 4.69) is 37.4 Å². The van der Waals surface area contributed by atoms with Gasteiger partial charge in [-0.25, -0.2) is 18.7 Å². The summed E-state index contributed by atoms with van der Waals surface area (Å²) >= 11 is 0. The molecule has 0 spiro atoms. The number of halogens is 2. The van der Waals surface area contributed by atoms with Gasteiger partial charge in [-0.3, -0.25) is 4.57 Å².